The quantitative estimate of drug-likeness (QED) is 0.714. The Bertz CT molecular complexity index is 590. The topological polar surface area (TPSA) is 41.1 Å². The van der Waals surface area contributed by atoms with E-state index in [4.69, 9.17) is 0 Å². The van der Waals surface area contributed by atoms with Crippen molar-refractivity contribution in [1.29, 1.82) is 0 Å². The minimum Gasteiger partial charge on any atom is -0.367 e. The first-order valence-corrected chi connectivity index (χ1v) is 5.32. The van der Waals surface area contributed by atoms with Crippen molar-refractivity contribution in [2.45, 2.75) is 6.92 Å². The fourth-order valence-corrected chi connectivity index (χ4v) is 2.23. The van der Waals surface area contributed by atoms with Crippen LogP contribution in [0.4, 0.5) is 11.4 Å². The minimum atomic E-state index is 0.0982. The highest BCUT2D eigenvalue weighted by Gasteiger charge is 2.16. The molecular weight excluding hydrogens is 200 g/mol. The van der Waals surface area contributed by atoms with Crippen molar-refractivity contribution in [2.75, 3.05) is 17.3 Å². The molecule has 3 rings (SSSR count). The molecule has 3 nitrogen and oxygen atoms in total. The average Bonchev–Trinajstić information content (AvgIpc) is 2.30. The molecule has 0 saturated heterocycles. The third-order valence-corrected chi connectivity index (χ3v) is 2.97. The van der Waals surface area contributed by atoms with Crippen LogP contribution in [0.1, 0.15) is 17.3 Å². The van der Waals surface area contributed by atoms with E-state index in [-0.39, 0.29) is 5.78 Å². The van der Waals surface area contributed by atoms with E-state index in [1.165, 1.54) is 0 Å². The van der Waals surface area contributed by atoms with Crippen LogP contribution in [-0.4, -0.2) is 12.5 Å². The number of nitrogens with one attached hydrogen (secondary N) is 2. The second-order valence-electron chi connectivity index (χ2n) is 3.98. The number of ketones is 1. The lowest BCUT2D eigenvalue weighted by molar-refractivity contribution is 0.101. The lowest BCUT2D eigenvalue weighted by atomic mass is 9.99. The second-order valence-corrected chi connectivity index (χ2v) is 3.98. The summed E-state index contributed by atoms with van der Waals surface area (Å²) in [4.78, 5) is 11.5. The molecule has 0 saturated carbocycles. The standard InChI is InChI=1S/C13H12N2O/c1-8(16)10-6-5-9-3-2-4-11-12(9)13(10)15-7-14-11/h2-6,14-15H,7H2,1H3. The zero-order valence-electron chi connectivity index (χ0n) is 9.00. The Morgan fingerprint density at radius 2 is 2.06 bits per heavy atom. The highest BCUT2D eigenvalue weighted by molar-refractivity contribution is 6.13. The molecule has 0 unspecified atom stereocenters. The summed E-state index contributed by atoms with van der Waals surface area (Å²) in [6.07, 6.45) is 0. The third kappa shape index (κ3) is 1.18. The van der Waals surface area contributed by atoms with Crippen LogP contribution in [0.2, 0.25) is 0 Å². The predicted molar refractivity (Wildman–Crippen MR) is 66.1 cm³/mol. The molecule has 3 heteroatoms. The molecule has 1 aliphatic heterocycles. The molecule has 1 heterocycles. The minimum absolute atomic E-state index is 0.0982. The van der Waals surface area contributed by atoms with Crippen molar-refractivity contribution in [3.8, 4) is 0 Å². The van der Waals surface area contributed by atoms with Gasteiger partial charge in [-0.05, 0) is 24.4 Å². The van der Waals surface area contributed by atoms with Gasteiger partial charge in [0.2, 0.25) is 0 Å². The Morgan fingerprint density at radius 3 is 2.88 bits per heavy atom. The van der Waals surface area contributed by atoms with Gasteiger partial charge in [-0.15, -0.1) is 0 Å². The highest BCUT2D eigenvalue weighted by atomic mass is 16.1. The van der Waals surface area contributed by atoms with E-state index in [0.29, 0.717) is 6.67 Å². The summed E-state index contributed by atoms with van der Waals surface area (Å²) in [6.45, 7) is 2.26. The molecule has 2 aromatic rings. The van der Waals surface area contributed by atoms with E-state index in [1.807, 2.05) is 24.3 Å². The number of benzene rings is 2. The lowest BCUT2D eigenvalue weighted by Gasteiger charge is -2.22. The zero-order valence-corrected chi connectivity index (χ0v) is 9.00. The van der Waals surface area contributed by atoms with Gasteiger partial charge in [-0.3, -0.25) is 4.79 Å². The fraction of sp³-hybridized carbons (Fsp3) is 0.154. The van der Waals surface area contributed by atoms with Crippen molar-refractivity contribution in [3.05, 3.63) is 35.9 Å². The molecule has 0 radical (unpaired) electrons. The SMILES string of the molecule is CC(=O)c1ccc2cccc3c2c1NCN3. The van der Waals surface area contributed by atoms with Crippen LogP contribution in [-0.2, 0) is 0 Å². The van der Waals surface area contributed by atoms with Gasteiger partial charge in [0.25, 0.3) is 0 Å². The molecule has 0 atom stereocenters. The van der Waals surface area contributed by atoms with Gasteiger partial charge in [-0.1, -0.05) is 18.2 Å². The number of Topliss-reactive ketones (excluding diaryl/α,β-unsaturated/α-hetero) is 1. The first-order chi connectivity index (χ1) is 7.77. The van der Waals surface area contributed by atoms with Gasteiger partial charge in [0.15, 0.2) is 5.78 Å². The first kappa shape index (κ1) is 9.21. The Kier molecular flexibility index (Phi) is 1.86. The molecule has 80 valence electrons. The van der Waals surface area contributed by atoms with Gasteiger partial charge >= 0.3 is 0 Å². The number of anilines is 2. The Labute approximate surface area is 93.5 Å². The maximum absolute atomic E-state index is 11.5. The van der Waals surface area contributed by atoms with E-state index in [2.05, 4.69) is 16.7 Å². The van der Waals surface area contributed by atoms with Gasteiger partial charge in [0, 0.05) is 16.6 Å². The summed E-state index contributed by atoms with van der Waals surface area (Å²) in [5, 5.41) is 8.78. The maximum atomic E-state index is 11.5. The Balaban J connectivity index is 2.44. The molecule has 0 fully saturated rings. The fourth-order valence-electron chi connectivity index (χ4n) is 2.23. The van der Waals surface area contributed by atoms with Crippen molar-refractivity contribution in [2.24, 2.45) is 0 Å². The van der Waals surface area contributed by atoms with Crippen molar-refractivity contribution in [3.63, 3.8) is 0 Å². The molecule has 0 amide bonds. The second kappa shape index (κ2) is 3.23. The summed E-state index contributed by atoms with van der Waals surface area (Å²) in [6, 6.07) is 10.0. The Morgan fingerprint density at radius 1 is 1.19 bits per heavy atom. The van der Waals surface area contributed by atoms with Crippen LogP contribution >= 0.6 is 0 Å². The van der Waals surface area contributed by atoms with Crippen LogP contribution in [0.15, 0.2) is 30.3 Å². The van der Waals surface area contributed by atoms with Gasteiger partial charge in [-0.25, -0.2) is 0 Å². The molecule has 2 aromatic carbocycles. The van der Waals surface area contributed by atoms with Crippen LogP contribution in [0.5, 0.6) is 0 Å². The first-order valence-electron chi connectivity index (χ1n) is 5.32. The normalized spacial score (nSPS) is 13.1. The molecule has 0 spiro atoms. The summed E-state index contributed by atoms with van der Waals surface area (Å²) in [5.41, 5.74) is 2.81. The monoisotopic (exact) mass is 212 g/mol. The number of hydrogen-bond donors (Lipinski definition) is 2. The van der Waals surface area contributed by atoms with Gasteiger partial charge < -0.3 is 10.6 Å². The van der Waals surface area contributed by atoms with Crippen LogP contribution in [0, 0.1) is 0 Å². The Hall–Kier alpha value is -2.03. The smallest absolute Gasteiger partial charge is 0.161 e. The molecule has 0 aliphatic carbocycles. The average molecular weight is 212 g/mol. The van der Waals surface area contributed by atoms with Crippen LogP contribution in [0.3, 0.4) is 0 Å². The maximum Gasteiger partial charge on any atom is 0.161 e. The zero-order chi connectivity index (χ0) is 11.1. The van der Waals surface area contributed by atoms with Crippen LogP contribution in [0.25, 0.3) is 10.8 Å². The largest absolute Gasteiger partial charge is 0.367 e. The highest BCUT2D eigenvalue weighted by Crippen LogP contribution is 2.35. The summed E-state index contributed by atoms with van der Waals surface area (Å²) < 4.78 is 0. The van der Waals surface area contributed by atoms with Crippen molar-refractivity contribution in [1.82, 2.24) is 0 Å². The van der Waals surface area contributed by atoms with E-state index in [1.54, 1.807) is 6.92 Å². The van der Waals surface area contributed by atoms with Gasteiger partial charge in [0.05, 0.1) is 12.4 Å². The van der Waals surface area contributed by atoms with E-state index in [0.717, 1.165) is 27.7 Å². The summed E-state index contributed by atoms with van der Waals surface area (Å²) in [7, 11) is 0. The molecule has 16 heavy (non-hydrogen) atoms. The molecular formula is C13H12N2O. The summed E-state index contributed by atoms with van der Waals surface area (Å²) >= 11 is 0. The third-order valence-electron chi connectivity index (χ3n) is 2.97. The number of rotatable bonds is 1. The van der Waals surface area contributed by atoms with Gasteiger partial charge in [-0.2, -0.15) is 0 Å². The lowest BCUT2D eigenvalue weighted by Crippen LogP contribution is -2.18. The number of hydrogen-bond acceptors (Lipinski definition) is 3. The van der Waals surface area contributed by atoms with Crippen molar-refractivity contribution >= 4 is 27.9 Å². The molecule has 0 aromatic heterocycles. The summed E-state index contributed by atoms with van der Waals surface area (Å²) in [5.74, 6) is 0.0982. The predicted octanol–water partition coefficient (Wildman–Crippen LogP) is 2.84. The number of carbonyl (C=O) groups is 1. The van der Waals surface area contributed by atoms with E-state index in [9.17, 15) is 4.79 Å². The van der Waals surface area contributed by atoms with Crippen molar-refractivity contribution < 1.29 is 4.79 Å². The molecule has 2 N–H and O–H groups in total. The van der Waals surface area contributed by atoms with E-state index >= 15 is 0 Å². The number of carbonyl (C=O) groups excluding carboxylic acids is 1. The van der Waals surface area contributed by atoms with E-state index < -0.39 is 0 Å². The van der Waals surface area contributed by atoms with Crippen LogP contribution < -0.4 is 10.6 Å². The van der Waals surface area contributed by atoms with Gasteiger partial charge in [0.1, 0.15) is 0 Å². The molecule has 0 bridgehead atoms. The molecule has 1 aliphatic rings.